The van der Waals surface area contributed by atoms with Crippen LogP contribution in [0.2, 0.25) is 0 Å². The summed E-state index contributed by atoms with van der Waals surface area (Å²) >= 11 is 0. The van der Waals surface area contributed by atoms with Crippen LogP contribution in [0.5, 0.6) is 5.88 Å². The number of anilines is 1. The van der Waals surface area contributed by atoms with Crippen molar-refractivity contribution in [3.63, 3.8) is 0 Å². The second kappa shape index (κ2) is 6.39. The van der Waals surface area contributed by atoms with Crippen molar-refractivity contribution in [1.29, 1.82) is 0 Å². The summed E-state index contributed by atoms with van der Waals surface area (Å²) in [5.41, 5.74) is 2.46. The van der Waals surface area contributed by atoms with Gasteiger partial charge in [0, 0.05) is 11.5 Å². The van der Waals surface area contributed by atoms with Gasteiger partial charge < -0.3 is 10.2 Å². The van der Waals surface area contributed by atoms with Crippen LogP contribution >= 0.6 is 0 Å². The highest BCUT2D eigenvalue weighted by Crippen LogP contribution is 2.26. The first-order valence-corrected chi connectivity index (χ1v) is 7.48. The van der Waals surface area contributed by atoms with Crippen molar-refractivity contribution in [2.75, 3.05) is 12.0 Å². The summed E-state index contributed by atoms with van der Waals surface area (Å²) in [4.78, 5) is 8.90. The van der Waals surface area contributed by atoms with E-state index in [4.69, 9.17) is 10.6 Å². The number of nitrogens with two attached hydrogens (primary N) is 1. The van der Waals surface area contributed by atoms with Gasteiger partial charge in [0.05, 0.1) is 6.61 Å². The zero-order valence-corrected chi connectivity index (χ0v) is 12.8. The number of hydrazine groups is 1. The van der Waals surface area contributed by atoms with Crippen LogP contribution < -0.4 is 16.0 Å². The molecule has 1 fully saturated rings. The van der Waals surface area contributed by atoms with Crippen molar-refractivity contribution in [3.8, 4) is 5.88 Å². The number of nitrogens with zero attached hydrogens (tertiary/aromatic N) is 2. The van der Waals surface area contributed by atoms with Crippen molar-refractivity contribution in [2.24, 2.45) is 11.8 Å². The van der Waals surface area contributed by atoms with Crippen LogP contribution in [-0.2, 0) is 5.41 Å². The summed E-state index contributed by atoms with van der Waals surface area (Å²) < 4.78 is 5.88. The number of aromatic nitrogens is 2. The molecule has 1 heterocycles. The Hall–Kier alpha value is -1.36. The molecule has 0 aliphatic heterocycles. The molecule has 20 heavy (non-hydrogen) atoms. The lowest BCUT2D eigenvalue weighted by atomic mass is 9.90. The fraction of sp³-hybridized carbons (Fsp3) is 0.733. The second-order valence-corrected chi connectivity index (χ2v) is 6.62. The molecule has 0 spiro atoms. The number of nitrogens with one attached hydrogen (secondary N) is 1. The average Bonchev–Trinajstić information content (AvgIpc) is 2.45. The zero-order valence-electron chi connectivity index (χ0n) is 12.8. The van der Waals surface area contributed by atoms with E-state index in [-0.39, 0.29) is 5.41 Å². The predicted molar refractivity (Wildman–Crippen MR) is 80.6 cm³/mol. The fourth-order valence-corrected chi connectivity index (χ4v) is 2.47. The minimum absolute atomic E-state index is 0.129. The molecule has 0 atom stereocenters. The largest absolute Gasteiger partial charge is 0.477 e. The van der Waals surface area contributed by atoms with Gasteiger partial charge in [-0.1, -0.05) is 40.0 Å². The molecule has 0 amide bonds. The molecule has 0 radical (unpaired) electrons. The molecule has 5 nitrogen and oxygen atoms in total. The smallest absolute Gasteiger partial charge is 0.218 e. The Balaban J connectivity index is 2.06. The minimum atomic E-state index is -0.129. The predicted octanol–water partition coefficient (Wildman–Crippen LogP) is 3.02. The minimum Gasteiger partial charge on any atom is -0.477 e. The molecule has 1 aromatic heterocycles. The van der Waals surface area contributed by atoms with Crippen LogP contribution in [0.3, 0.4) is 0 Å². The van der Waals surface area contributed by atoms with Crippen molar-refractivity contribution in [2.45, 2.75) is 58.3 Å². The molecule has 0 saturated heterocycles. The fourth-order valence-electron chi connectivity index (χ4n) is 2.47. The number of ether oxygens (including phenoxy) is 1. The third-order valence-corrected chi connectivity index (χ3v) is 3.71. The molecular formula is C15H26N4O. The van der Waals surface area contributed by atoms with Gasteiger partial charge in [0.25, 0.3) is 0 Å². The molecule has 1 aliphatic rings. The van der Waals surface area contributed by atoms with Crippen LogP contribution in [-0.4, -0.2) is 16.6 Å². The first-order valence-electron chi connectivity index (χ1n) is 7.48. The highest BCUT2D eigenvalue weighted by atomic mass is 16.5. The standard InChI is InChI=1S/C15H26N4O/c1-15(2,3)14-17-12(19-16)9-13(18-14)20-10-11-7-5-4-6-8-11/h9,11H,4-8,10,16H2,1-3H3,(H,17,18,19). The lowest BCUT2D eigenvalue weighted by Crippen LogP contribution is -2.20. The summed E-state index contributed by atoms with van der Waals surface area (Å²) in [7, 11) is 0. The number of hydrogen-bond donors (Lipinski definition) is 2. The van der Waals surface area contributed by atoms with Crippen molar-refractivity contribution in [3.05, 3.63) is 11.9 Å². The normalized spacial score (nSPS) is 17.0. The summed E-state index contributed by atoms with van der Waals surface area (Å²) in [6.45, 7) is 6.97. The lowest BCUT2D eigenvalue weighted by Gasteiger charge is -2.22. The Kier molecular flexibility index (Phi) is 4.81. The van der Waals surface area contributed by atoms with E-state index in [0.29, 0.717) is 17.6 Å². The summed E-state index contributed by atoms with van der Waals surface area (Å²) in [6, 6.07) is 1.76. The zero-order chi connectivity index (χ0) is 14.6. The maximum Gasteiger partial charge on any atom is 0.218 e. The SMILES string of the molecule is CC(C)(C)c1nc(NN)cc(OCC2CCCCC2)n1. The van der Waals surface area contributed by atoms with Crippen molar-refractivity contribution in [1.82, 2.24) is 9.97 Å². The first-order chi connectivity index (χ1) is 9.49. The molecule has 2 rings (SSSR count). The van der Waals surface area contributed by atoms with E-state index in [1.165, 1.54) is 32.1 Å². The maximum absolute atomic E-state index is 5.88. The van der Waals surface area contributed by atoms with E-state index in [1.54, 1.807) is 6.07 Å². The summed E-state index contributed by atoms with van der Waals surface area (Å²) in [5.74, 6) is 8.09. The third-order valence-electron chi connectivity index (χ3n) is 3.71. The molecule has 3 N–H and O–H groups in total. The Morgan fingerprint density at radius 3 is 2.55 bits per heavy atom. The van der Waals surface area contributed by atoms with Crippen LogP contribution in [0.25, 0.3) is 0 Å². The van der Waals surface area contributed by atoms with Crippen molar-refractivity contribution >= 4 is 5.82 Å². The molecule has 1 aliphatic carbocycles. The van der Waals surface area contributed by atoms with E-state index in [9.17, 15) is 0 Å². The topological polar surface area (TPSA) is 73.1 Å². The summed E-state index contributed by atoms with van der Waals surface area (Å²) in [5, 5.41) is 0. The van der Waals surface area contributed by atoms with Crippen LogP contribution in [0.1, 0.15) is 58.7 Å². The maximum atomic E-state index is 5.88. The molecule has 1 aromatic rings. The Labute approximate surface area is 121 Å². The molecule has 112 valence electrons. The van der Waals surface area contributed by atoms with Crippen LogP contribution in [0.15, 0.2) is 6.07 Å². The van der Waals surface area contributed by atoms with Gasteiger partial charge in [-0.2, -0.15) is 4.98 Å². The molecule has 0 bridgehead atoms. The number of nitrogen functional groups attached to an aromatic ring is 1. The lowest BCUT2D eigenvalue weighted by molar-refractivity contribution is 0.201. The van der Waals surface area contributed by atoms with Gasteiger partial charge in [0.15, 0.2) is 0 Å². The van der Waals surface area contributed by atoms with E-state index in [2.05, 4.69) is 36.2 Å². The van der Waals surface area contributed by atoms with Crippen molar-refractivity contribution < 1.29 is 4.74 Å². The van der Waals surface area contributed by atoms with Gasteiger partial charge in [-0.05, 0) is 18.8 Å². The van der Waals surface area contributed by atoms with E-state index in [1.807, 2.05) is 0 Å². The molecule has 0 unspecified atom stereocenters. The van der Waals surface area contributed by atoms with Gasteiger partial charge >= 0.3 is 0 Å². The quantitative estimate of drug-likeness (QED) is 0.654. The Bertz CT molecular complexity index is 436. The third kappa shape index (κ3) is 4.07. The first kappa shape index (κ1) is 15.0. The van der Waals surface area contributed by atoms with Gasteiger partial charge in [-0.15, -0.1) is 0 Å². The monoisotopic (exact) mass is 278 g/mol. The van der Waals surface area contributed by atoms with Crippen LogP contribution in [0, 0.1) is 5.92 Å². The van der Waals surface area contributed by atoms with Crippen LogP contribution in [0.4, 0.5) is 5.82 Å². The van der Waals surface area contributed by atoms with Gasteiger partial charge in [0.1, 0.15) is 11.6 Å². The van der Waals surface area contributed by atoms with E-state index < -0.39 is 0 Å². The van der Waals surface area contributed by atoms with Gasteiger partial charge in [-0.25, -0.2) is 10.8 Å². The molecule has 5 heteroatoms. The van der Waals surface area contributed by atoms with E-state index >= 15 is 0 Å². The number of hydrogen-bond acceptors (Lipinski definition) is 5. The Morgan fingerprint density at radius 2 is 1.95 bits per heavy atom. The summed E-state index contributed by atoms with van der Waals surface area (Å²) in [6.07, 6.45) is 6.53. The second-order valence-electron chi connectivity index (χ2n) is 6.62. The average molecular weight is 278 g/mol. The highest BCUT2D eigenvalue weighted by Gasteiger charge is 2.20. The van der Waals surface area contributed by atoms with Gasteiger partial charge in [0.2, 0.25) is 5.88 Å². The van der Waals surface area contributed by atoms with E-state index in [0.717, 1.165) is 12.4 Å². The molecule has 0 aromatic carbocycles. The number of rotatable bonds is 4. The Morgan fingerprint density at radius 1 is 1.25 bits per heavy atom. The molecule has 1 saturated carbocycles. The molecular weight excluding hydrogens is 252 g/mol. The highest BCUT2D eigenvalue weighted by molar-refractivity contribution is 5.37. The van der Waals surface area contributed by atoms with Gasteiger partial charge in [-0.3, -0.25) is 0 Å².